The fourth-order valence-electron chi connectivity index (χ4n) is 1.33. The van der Waals surface area contributed by atoms with Crippen molar-refractivity contribution in [2.45, 2.75) is 6.54 Å². The third-order valence-electron chi connectivity index (χ3n) is 2.45. The Kier molecular flexibility index (Phi) is 4.69. The van der Waals surface area contributed by atoms with Crippen LogP contribution in [0.25, 0.3) is 0 Å². The van der Waals surface area contributed by atoms with E-state index in [0.29, 0.717) is 11.3 Å². The quantitative estimate of drug-likeness (QED) is 0.611. The summed E-state index contributed by atoms with van der Waals surface area (Å²) in [5, 5.41) is 0. The van der Waals surface area contributed by atoms with Gasteiger partial charge in [0.15, 0.2) is 5.75 Å². The molecule has 0 atom stereocenters. The molecular weight excluding hydrogens is 256 g/mol. The monoisotopic (exact) mass is 272 g/mol. The largest absolute Gasteiger partial charge is 0.468 e. The van der Waals surface area contributed by atoms with Gasteiger partial charge in [-0.1, -0.05) is 18.2 Å². The second kappa shape index (κ2) is 5.83. The van der Waals surface area contributed by atoms with Gasteiger partial charge < -0.3 is 10.5 Å². The maximum atomic E-state index is 11.8. The lowest BCUT2D eigenvalue weighted by Crippen LogP contribution is -2.32. The molecule has 0 aliphatic heterocycles. The molecule has 1 aromatic rings. The zero-order chi connectivity index (χ0) is 13.8. The second-order valence-electron chi connectivity index (χ2n) is 3.79. The minimum Gasteiger partial charge on any atom is -0.468 e. The van der Waals surface area contributed by atoms with E-state index in [1.807, 2.05) is 0 Å². The Morgan fingerprint density at radius 1 is 1.39 bits per heavy atom. The zero-order valence-corrected chi connectivity index (χ0v) is 11.1. The maximum absolute atomic E-state index is 11.8. The number of rotatable bonds is 5. The van der Waals surface area contributed by atoms with Crippen molar-refractivity contribution in [2.75, 3.05) is 25.6 Å². The minimum absolute atomic E-state index is 0.117. The van der Waals surface area contributed by atoms with Crippen molar-refractivity contribution in [3.05, 3.63) is 29.8 Å². The van der Waals surface area contributed by atoms with Gasteiger partial charge in [0.1, 0.15) is 0 Å². The third-order valence-corrected chi connectivity index (χ3v) is 4.13. The second-order valence-corrected chi connectivity index (χ2v) is 5.86. The summed E-state index contributed by atoms with van der Waals surface area (Å²) in [5.41, 5.74) is 6.93. The fourth-order valence-corrected chi connectivity index (χ4v) is 2.31. The minimum atomic E-state index is -3.68. The Balaban J connectivity index is 2.80. The number of para-hydroxylation sites is 1. The molecule has 2 N–H and O–H groups in total. The van der Waals surface area contributed by atoms with E-state index in [4.69, 9.17) is 5.73 Å². The summed E-state index contributed by atoms with van der Waals surface area (Å²) >= 11 is 0. The number of benzene rings is 1. The maximum Gasteiger partial charge on any atom is 0.322 e. The van der Waals surface area contributed by atoms with Gasteiger partial charge in [-0.15, -0.1) is 0 Å². The van der Waals surface area contributed by atoms with Crippen molar-refractivity contribution in [3.63, 3.8) is 0 Å². The van der Waals surface area contributed by atoms with Gasteiger partial charge in [-0.25, -0.2) is 12.7 Å². The highest BCUT2D eigenvalue weighted by Gasteiger charge is 2.23. The van der Waals surface area contributed by atoms with Gasteiger partial charge in [0.25, 0.3) is 0 Å². The predicted octanol–water partition coefficient (Wildman–Crippen LogP) is 0.203. The highest BCUT2D eigenvalue weighted by Crippen LogP contribution is 2.14. The average molecular weight is 272 g/mol. The van der Waals surface area contributed by atoms with E-state index in [2.05, 4.69) is 4.74 Å². The molecule has 1 aromatic carbocycles. The lowest BCUT2D eigenvalue weighted by atomic mass is 10.2. The first-order valence-corrected chi connectivity index (χ1v) is 6.82. The van der Waals surface area contributed by atoms with Gasteiger partial charge in [-0.05, 0) is 11.6 Å². The molecule has 1 rings (SSSR count). The third kappa shape index (κ3) is 3.71. The van der Waals surface area contributed by atoms with E-state index < -0.39 is 21.7 Å². The number of esters is 1. The normalized spacial score (nSPS) is 11.5. The molecule has 0 spiro atoms. The molecule has 0 fully saturated rings. The number of hydrogen-bond donors (Lipinski definition) is 1. The van der Waals surface area contributed by atoms with Crippen LogP contribution in [-0.2, 0) is 26.1 Å². The predicted molar refractivity (Wildman–Crippen MR) is 68.1 cm³/mol. The van der Waals surface area contributed by atoms with Crippen LogP contribution in [0.2, 0.25) is 0 Å². The number of nitrogens with zero attached hydrogens (tertiary/aromatic N) is 1. The topological polar surface area (TPSA) is 89.7 Å². The van der Waals surface area contributed by atoms with Crippen molar-refractivity contribution in [1.29, 1.82) is 0 Å². The van der Waals surface area contributed by atoms with E-state index in [0.717, 1.165) is 11.4 Å². The van der Waals surface area contributed by atoms with Crippen LogP contribution in [0.1, 0.15) is 5.56 Å². The standard InChI is InChI=1S/C11H16N2O4S/c1-13(18(15,16)8-11(14)17-2)7-9-5-3-4-6-10(9)12/h3-6H,7-8,12H2,1-2H3. The molecule has 0 bridgehead atoms. The summed E-state index contributed by atoms with van der Waals surface area (Å²) in [6.07, 6.45) is 0. The number of nitrogen functional groups attached to an aromatic ring is 1. The van der Waals surface area contributed by atoms with Crippen LogP contribution in [0.15, 0.2) is 24.3 Å². The van der Waals surface area contributed by atoms with Crippen LogP contribution in [0.5, 0.6) is 0 Å². The molecule has 0 aromatic heterocycles. The number of carbonyl (C=O) groups is 1. The Labute approximate surface area is 106 Å². The molecule has 6 nitrogen and oxygen atoms in total. The molecule has 0 aliphatic carbocycles. The Morgan fingerprint density at radius 2 is 2.00 bits per heavy atom. The number of nitrogens with two attached hydrogens (primary N) is 1. The molecule has 0 unspecified atom stereocenters. The van der Waals surface area contributed by atoms with Crippen molar-refractivity contribution in [1.82, 2.24) is 4.31 Å². The molecule has 0 saturated carbocycles. The molecule has 0 radical (unpaired) electrons. The van der Waals surface area contributed by atoms with Crippen LogP contribution in [0.3, 0.4) is 0 Å². The van der Waals surface area contributed by atoms with E-state index in [1.165, 1.54) is 7.05 Å². The molecule has 0 heterocycles. The summed E-state index contributed by atoms with van der Waals surface area (Å²) in [4.78, 5) is 11.0. The van der Waals surface area contributed by atoms with Crippen LogP contribution < -0.4 is 5.73 Å². The molecule has 0 amide bonds. The molecule has 7 heteroatoms. The molecule has 0 aliphatic rings. The number of anilines is 1. The first kappa shape index (κ1) is 14.5. The Morgan fingerprint density at radius 3 is 2.56 bits per heavy atom. The zero-order valence-electron chi connectivity index (χ0n) is 10.3. The van der Waals surface area contributed by atoms with Gasteiger partial charge in [-0.2, -0.15) is 0 Å². The summed E-state index contributed by atoms with van der Waals surface area (Å²) in [6, 6.07) is 6.96. The highest BCUT2D eigenvalue weighted by atomic mass is 32.2. The molecular formula is C11H16N2O4S. The number of sulfonamides is 1. The Hall–Kier alpha value is -1.60. The van der Waals surface area contributed by atoms with Gasteiger partial charge in [0.2, 0.25) is 10.0 Å². The molecule has 100 valence electrons. The number of methoxy groups -OCH3 is 1. The first-order valence-electron chi connectivity index (χ1n) is 5.21. The van der Waals surface area contributed by atoms with Gasteiger partial charge in [0.05, 0.1) is 7.11 Å². The lowest BCUT2D eigenvalue weighted by molar-refractivity contribution is -0.137. The summed E-state index contributed by atoms with van der Waals surface area (Å²) in [6.45, 7) is 0.117. The van der Waals surface area contributed by atoms with Crippen LogP contribution in [0.4, 0.5) is 5.69 Å². The molecule has 0 saturated heterocycles. The smallest absolute Gasteiger partial charge is 0.322 e. The first-order chi connectivity index (χ1) is 8.36. The van der Waals surface area contributed by atoms with Crippen molar-refractivity contribution in [3.8, 4) is 0 Å². The van der Waals surface area contributed by atoms with Gasteiger partial charge >= 0.3 is 5.97 Å². The lowest BCUT2D eigenvalue weighted by Gasteiger charge is -2.17. The summed E-state index contributed by atoms with van der Waals surface area (Å²) in [5.74, 6) is -1.46. The highest BCUT2D eigenvalue weighted by molar-refractivity contribution is 7.89. The van der Waals surface area contributed by atoms with Crippen molar-refractivity contribution >= 4 is 21.7 Å². The average Bonchev–Trinajstić information content (AvgIpc) is 2.31. The van der Waals surface area contributed by atoms with Crippen LogP contribution in [-0.4, -0.2) is 38.6 Å². The van der Waals surface area contributed by atoms with E-state index in [-0.39, 0.29) is 6.54 Å². The van der Waals surface area contributed by atoms with E-state index in [1.54, 1.807) is 24.3 Å². The van der Waals surface area contributed by atoms with Gasteiger partial charge in [0, 0.05) is 19.3 Å². The summed E-state index contributed by atoms with van der Waals surface area (Å²) in [7, 11) is -1.14. The summed E-state index contributed by atoms with van der Waals surface area (Å²) < 4.78 is 29.0. The van der Waals surface area contributed by atoms with Gasteiger partial charge in [-0.3, -0.25) is 4.79 Å². The Bertz CT molecular complexity index is 528. The van der Waals surface area contributed by atoms with Crippen LogP contribution >= 0.6 is 0 Å². The van der Waals surface area contributed by atoms with E-state index >= 15 is 0 Å². The molecule has 18 heavy (non-hydrogen) atoms. The van der Waals surface area contributed by atoms with Crippen molar-refractivity contribution in [2.24, 2.45) is 0 Å². The number of ether oxygens (including phenoxy) is 1. The SMILES string of the molecule is COC(=O)CS(=O)(=O)N(C)Cc1ccccc1N. The fraction of sp³-hybridized carbons (Fsp3) is 0.364. The number of carbonyl (C=O) groups excluding carboxylic acids is 1. The van der Waals surface area contributed by atoms with Crippen LogP contribution in [0, 0.1) is 0 Å². The van der Waals surface area contributed by atoms with E-state index in [9.17, 15) is 13.2 Å². The van der Waals surface area contributed by atoms with Crippen molar-refractivity contribution < 1.29 is 17.9 Å². The number of hydrogen-bond acceptors (Lipinski definition) is 5.